The topological polar surface area (TPSA) is 408 Å². The summed E-state index contributed by atoms with van der Waals surface area (Å²) < 4.78 is 179. The van der Waals surface area contributed by atoms with E-state index < -0.39 is 196 Å². The minimum atomic E-state index is -5.84. The molecule has 1 fully saturated rings. The van der Waals surface area contributed by atoms with Crippen molar-refractivity contribution in [3.63, 3.8) is 0 Å². The second kappa shape index (κ2) is 35.8. The Morgan fingerprint density at radius 3 is 1.09 bits per heavy atom. The van der Waals surface area contributed by atoms with Crippen molar-refractivity contribution in [1.82, 2.24) is 0 Å². The van der Waals surface area contributed by atoms with Crippen molar-refractivity contribution >= 4 is 79.0 Å². The van der Waals surface area contributed by atoms with Crippen molar-refractivity contribution in [1.29, 1.82) is 0 Å². The van der Waals surface area contributed by atoms with Gasteiger partial charge in [0, 0.05) is 68.6 Å². The van der Waals surface area contributed by atoms with Gasteiger partial charge in [-0.2, -0.15) is 0 Å². The Balaban J connectivity index is 5.01. The summed E-state index contributed by atoms with van der Waals surface area (Å²) in [5.41, 5.74) is -2.80. The van der Waals surface area contributed by atoms with Crippen LogP contribution in [0.5, 0.6) is 0 Å². The average molecular weight is 1220 g/mol. The third kappa shape index (κ3) is 26.6. The Morgan fingerprint density at radius 1 is 0.436 bits per heavy atom. The van der Waals surface area contributed by atoms with E-state index in [0.29, 0.717) is 6.42 Å². The molecule has 0 amide bonds. The number of hydrogen-bond acceptors (Lipinski definition) is 34. The lowest BCUT2D eigenvalue weighted by Crippen LogP contribution is -2.75. The van der Waals surface area contributed by atoms with E-state index >= 15 is 9.13 Å². The molecule has 38 heteroatoms. The molecule has 34 nitrogen and oxygen atoms in total. The van der Waals surface area contributed by atoms with Crippen LogP contribution in [0, 0.1) is 0 Å². The monoisotopic (exact) mass is 1220 g/mol. The molecule has 1 rings (SSSR count). The molecule has 0 radical (unpaired) electrons. The van der Waals surface area contributed by atoms with Gasteiger partial charge in [-0.1, -0.05) is 27.2 Å². The highest BCUT2D eigenvalue weighted by molar-refractivity contribution is 7.49. The molecule has 0 bridgehead atoms. The van der Waals surface area contributed by atoms with Crippen LogP contribution >= 0.6 is 31.3 Å². The number of carbonyl (C=O) groups is 8. The maximum absolute atomic E-state index is 15.5. The summed E-state index contributed by atoms with van der Waals surface area (Å²) in [5.74, 6) is -11.6. The molecule has 5 unspecified atom stereocenters. The molecule has 1 aliphatic carbocycles. The Bertz CT molecular complexity index is 2060. The van der Waals surface area contributed by atoms with Crippen LogP contribution < -0.4 is 0 Å². The molecule has 0 N–H and O–H groups in total. The van der Waals surface area contributed by atoms with Crippen LogP contribution in [0.25, 0.3) is 0 Å². The van der Waals surface area contributed by atoms with Crippen molar-refractivity contribution in [3.8, 4) is 0 Å². The first-order valence-corrected chi connectivity index (χ1v) is 29.0. The molecule has 0 heterocycles. The van der Waals surface area contributed by atoms with Gasteiger partial charge in [-0.05, 0) is 32.1 Å². The molecular weight excluding hydrogens is 1150 g/mol. The van der Waals surface area contributed by atoms with Gasteiger partial charge in [0.1, 0.15) is 12.2 Å². The largest absolute Gasteiger partial charge is 0.483 e. The zero-order chi connectivity index (χ0) is 59.2. The highest BCUT2D eigenvalue weighted by Crippen LogP contribution is 2.66. The van der Waals surface area contributed by atoms with Crippen LogP contribution in [0.3, 0.4) is 0 Å². The zero-order valence-electron chi connectivity index (χ0n) is 44.7. The van der Waals surface area contributed by atoms with E-state index in [2.05, 4.69) is 0 Å². The molecular formula is C40H68O34P4. The van der Waals surface area contributed by atoms with Crippen LogP contribution in [0.15, 0.2) is 0 Å². The third-order valence-electron chi connectivity index (χ3n) is 9.17. The van der Waals surface area contributed by atoms with E-state index in [9.17, 15) is 47.5 Å². The van der Waals surface area contributed by atoms with Gasteiger partial charge in [0.05, 0.1) is 0 Å². The van der Waals surface area contributed by atoms with Gasteiger partial charge in [-0.25, -0.2) is 59.0 Å². The zero-order valence-corrected chi connectivity index (χ0v) is 48.3. The number of esters is 8. The predicted octanol–water partition coefficient (Wildman–Crippen LogP) is 5.77. The van der Waals surface area contributed by atoms with Crippen LogP contribution in [-0.4, -0.2) is 145 Å². The molecule has 0 aromatic rings. The van der Waals surface area contributed by atoms with Crippen molar-refractivity contribution in [2.45, 2.75) is 144 Å². The van der Waals surface area contributed by atoms with E-state index in [-0.39, 0.29) is 12.8 Å². The molecule has 1 aliphatic rings. The number of phosphoric acid groups is 4. The Kier molecular flexibility index (Phi) is 33.1. The number of carbonyl (C=O) groups excluding carboxylic acids is 8. The second-order valence-corrected chi connectivity index (χ2v) is 21.7. The molecule has 0 aliphatic heterocycles. The van der Waals surface area contributed by atoms with Crippen molar-refractivity contribution in [2.24, 2.45) is 0 Å². The number of ether oxygens (including phenoxy) is 10. The van der Waals surface area contributed by atoms with Gasteiger partial charge in [-0.3, -0.25) is 51.9 Å². The van der Waals surface area contributed by atoms with Crippen LogP contribution in [0.1, 0.15) is 115 Å². The average Bonchev–Trinajstić information content (AvgIpc) is 3.31. The summed E-state index contributed by atoms with van der Waals surface area (Å²) in [5, 5.41) is 0. The lowest BCUT2D eigenvalue weighted by molar-refractivity contribution is -0.378. The normalized spacial score (nSPS) is 19.2. The van der Waals surface area contributed by atoms with Gasteiger partial charge < -0.3 is 47.4 Å². The summed E-state index contributed by atoms with van der Waals surface area (Å²) >= 11 is 0. The van der Waals surface area contributed by atoms with Gasteiger partial charge in [0.25, 0.3) is 0 Å². The third-order valence-corrected chi connectivity index (χ3v) is 14.6. The molecule has 0 aromatic heterocycles. The molecule has 78 heavy (non-hydrogen) atoms. The summed E-state index contributed by atoms with van der Waals surface area (Å²) in [7, 11) is -22.4. The fraction of sp³-hybridized carbons (Fsp3) is 0.800. The first kappa shape index (κ1) is 72.1. The standard InChI is InChI=1S/C40H68O34P4/c1-12-15-19-61-39(37(14-3)72-76(50,65-22-55-30(6)43)66-23-56-31(7)44)17-16-36(71-75(49,63-20-53-28(4)41)64-21-54-29(5)42)38(73-77(51,67-24-57-32(8)45)68-25-58-33(9)46)40(39,62-18-13-2)74-78(52,69-26-59-34(10)47)70-27-60-35(11)48/h36-38H,12-27H2,1-11H3. The Labute approximate surface area is 448 Å². The summed E-state index contributed by atoms with van der Waals surface area (Å²) in [6, 6.07) is 0. The van der Waals surface area contributed by atoms with Gasteiger partial charge in [-0.15, -0.1) is 0 Å². The fourth-order valence-corrected chi connectivity index (χ4v) is 10.6. The van der Waals surface area contributed by atoms with Crippen LogP contribution in [0.2, 0.25) is 0 Å². The van der Waals surface area contributed by atoms with Gasteiger partial charge in [0.2, 0.25) is 60.1 Å². The summed E-state index contributed by atoms with van der Waals surface area (Å²) in [6.07, 6.45) is -8.87. The molecule has 0 spiro atoms. The second-order valence-electron chi connectivity index (χ2n) is 15.3. The maximum atomic E-state index is 15.5. The number of phosphoric ester groups is 4. The Hall–Kier alpha value is -3.88. The molecule has 452 valence electrons. The van der Waals surface area contributed by atoms with Crippen LogP contribution in [0.4, 0.5) is 0 Å². The highest BCUT2D eigenvalue weighted by atomic mass is 31.2. The van der Waals surface area contributed by atoms with Crippen molar-refractivity contribution in [3.05, 3.63) is 0 Å². The summed E-state index contributed by atoms with van der Waals surface area (Å²) in [4.78, 5) is 95.5. The highest BCUT2D eigenvalue weighted by Gasteiger charge is 2.73. The van der Waals surface area contributed by atoms with Crippen molar-refractivity contribution < 1.29 is 158 Å². The van der Waals surface area contributed by atoms with E-state index in [1.54, 1.807) is 6.92 Å². The van der Waals surface area contributed by atoms with E-state index in [4.69, 9.17) is 102 Å². The van der Waals surface area contributed by atoms with E-state index in [1.165, 1.54) is 13.8 Å². The SMILES string of the molecule is CCCCOC1(C(CC)OP(=O)(OCOC(C)=O)OCOC(C)=O)CCC(OP(=O)(OCOC(C)=O)OCOC(C)=O)C(OP(=O)(OCOC(C)=O)OCOC(C)=O)C1(OCCC)OP(=O)(OCOC(C)=O)OCOC(C)=O. The smallest absolute Gasteiger partial charge is 0.438 e. The quantitative estimate of drug-likeness (QED) is 0.0230. The molecule has 0 aromatic carbocycles. The number of unbranched alkanes of at least 4 members (excludes halogenated alkanes) is 1. The number of hydrogen-bond donors (Lipinski definition) is 0. The van der Waals surface area contributed by atoms with Gasteiger partial charge in [0.15, 0.2) is 11.7 Å². The first-order chi connectivity index (χ1) is 36.5. The lowest BCUT2D eigenvalue weighted by Gasteiger charge is -2.58. The van der Waals surface area contributed by atoms with E-state index in [1.807, 2.05) is 0 Å². The summed E-state index contributed by atoms with van der Waals surface area (Å²) in [6.45, 7) is 0.808. The first-order valence-electron chi connectivity index (χ1n) is 23.2. The van der Waals surface area contributed by atoms with E-state index in [0.717, 1.165) is 55.4 Å². The Morgan fingerprint density at radius 2 is 0.769 bits per heavy atom. The maximum Gasteiger partial charge on any atom is 0.483 e. The lowest BCUT2D eigenvalue weighted by atomic mass is 9.71. The minimum Gasteiger partial charge on any atom is -0.438 e. The predicted molar refractivity (Wildman–Crippen MR) is 250 cm³/mol. The van der Waals surface area contributed by atoms with Gasteiger partial charge >= 0.3 is 79.0 Å². The van der Waals surface area contributed by atoms with Crippen LogP contribution in [-0.2, 0) is 158 Å². The molecule has 5 atom stereocenters. The fourth-order valence-electron chi connectivity index (χ4n) is 5.97. The molecule has 1 saturated carbocycles. The van der Waals surface area contributed by atoms with Crippen molar-refractivity contribution in [2.75, 3.05) is 67.6 Å². The molecule has 0 saturated heterocycles. The number of rotatable bonds is 41. The minimum absolute atomic E-state index is 0.0965.